The minimum Gasteiger partial charge on any atom is -0.493 e. The second kappa shape index (κ2) is 9.49. The zero-order valence-electron chi connectivity index (χ0n) is 17.8. The van der Waals surface area contributed by atoms with Crippen LogP contribution in [0.15, 0.2) is 42.4 Å². The molecule has 0 aliphatic carbocycles. The standard InChI is InChI=1S/C21H20ClF3N4O4/c1-29(10-19(30)26-11-4-5-14(22)13(6-11)21(23,24)25)9-18-27-15-8-17(33-3)16(32-2)7-12(15)20(31)28-18/h4-9,27H,10H2,1-3H3,(H,26,30)(H,28,31). The summed E-state index contributed by atoms with van der Waals surface area (Å²) in [6.45, 7) is -0.205. The molecule has 176 valence electrons. The summed E-state index contributed by atoms with van der Waals surface area (Å²) < 4.78 is 49.4. The van der Waals surface area contributed by atoms with E-state index in [1.54, 1.807) is 13.1 Å². The van der Waals surface area contributed by atoms with E-state index in [0.29, 0.717) is 28.6 Å². The smallest absolute Gasteiger partial charge is 0.417 e. The van der Waals surface area contributed by atoms with Gasteiger partial charge in [-0.05, 0) is 24.3 Å². The Morgan fingerprint density at radius 3 is 2.45 bits per heavy atom. The zero-order chi connectivity index (χ0) is 24.3. The Morgan fingerprint density at radius 2 is 1.82 bits per heavy atom. The molecular weight excluding hydrogens is 465 g/mol. The van der Waals surface area contributed by atoms with Gasteiger partial charge in [0.1, 0.15) is 5.82 Å². The van der Waals surface area contributed by atoms with Crippen LogP contribution in [0.25, 0.3) is 0 Å². The molecule has 1 aliphatic heterocycles. The van der Waals surface area contributed by atoms with Crippen LogP contribution in [0.2, 0.25) is 5.02 Å². The number of methoxy groups -OCH3 is 2. The minimum absolute atomic E-state index is 0.0446. The quantitative estimate of drug-likeness (QED) is 0.576. The number of nitrogens with zero attached hydrogens (tertiary/aromatic N) is 1. The van der Waals surface area contributed by atoms with Gasteiger partial charge in [0.2, 0.25) is 5.91 Å². The van der Waals surface area contributed by atoms with E-state index >= 15 is 0 Å². The molecule has 0 unspecified atom stereocenters. The number of halogens is 4. The van der Waals surface area contributed by atoms with E-state index in [1.807, 2.05) is 0 Å². The lowest BCUT2D eigenvalue weighted by molar-refractivity contribution is -0.137. The molecule has 0 saturated heterocycles. The number of fused-ring (bicyclic) bond motifs is 1. The molecule has 0 aromatic heterocycles. The van der Waals surface area contributed by atoms with E-state index in [0.717, 1.165) is 12.1 Å². The SMILES string of the molecule is COc1cc2c(cc1OC)C(=O)NC(=CN(C)CC(=O)Nc1ccc(Cl)c(C(F)(F)F)c1)N2. The van der Waals surface area contributed by atoms with Crippen LogP contribution in [0.4, 0.5) is 24.5 Å². The van der Waals surface area contributed by atoms with E-state index < -0.39 is 28.6 Å². The summed E-state index contributed by atoms with van der Waals surface area (Å²) in [7, 11) is 4.49. The Bertz CT molecular complexity index is 1120. The molecule has 0 fully saturated rings. The summed E-state index contributed by atoms with van der Waals surface area (Å²) in [5, 5.41) is 7.60. The fraction of sp³-hybridized carbons (Fsp3) is 0.238. The topological polar surface area (TPSA) is 91.9 Å². The molecule has 2 amide bonds. The second-order valence-electron chi connectivity index (χ2n) is 7.03. The third kappa shape index (κ3) is 5.61. The van der Waals surface area contributed by atoms with Crippen LogP contribution in [0.3, 0.4) is 0 Å². The van der Waals surface area contributed by atoms with Crippen LogP contribution in [0.5, 0.6) is 11.5 Å². The van der Waals surface area contributed by atoms with Crippen LogP contribution in [-0.2, 0) is 11.0 Å². The van der Waals surface area contributed by atoms with Gasteiger partial charge in [-0.25, -0.2) is 0 Å². The lowest BCUT2D eigenvalue weighted by atomic mass is 10.1. The highest BCUT2D eigenvalue weighted by molar-refractivity contribution is 6.31. The Hall–Kier alpha value is -3.60. The molecule has 2 aromatic carbocycles. The number of rotatable bonds is 6. The first-order valence-corrected chi connectivity index (χ1v) is 9.82. The Balaban J connectivity index is 1.69. The summed E-state index contributed by atoms with van der Waals surface area (Å²) in [4.78, 5) is 26.2. The Kier molecular flexibility index (Phi) is 6.92. The van der Waals surface area contributed by atoms with Crippen molar-refractivity contribution in [3.05, 3.63) is 58.5 Å². The number of carbonyl (C=O) groups is 2. The Labute approximate surface area is 192 Å². The number of hydrogen-bond acceptors (Lipinski definition) is 6. The van der Waals surface area contributed by atoms with Gasteiger partial charge in [-0.1, -0.05) is 11.6 Å². The third-order valence-corrected chi connectivity index (χ3v) is 4.91. The number of alkyl halides is 3. The summed E-state index contributed by atoms with van der Waals surface area (Å²) in [5.74, 6) is 0.145. The highest BCUT2D eigenvalue weighted by Gasteiger charge is 2.33. The first-order valence-electron chi connectivity index (χ1n) is 9.45. The molecule has 1 aliphatic rings. The fourth-order valence-corrected chi connectivity index (χ4v) is 3.34. The molecule has 1 heterocycles. The van der Waals surface area contributed by atoms with Crippen molar-refractivity contribution in [2.24, 2.45) is 0 Å². The van der Waals surface area contributed by atoms with E-state index in [-0.39, 0.29) is 12.2 Å². The number of ether oxygens (including phenoxy) is 2. The summed E-state index contributed by atoms with van der Waals surface area (Å²) in [5.41, 5.74) is -0.274. The molecule has 8 nitrogen and oxygen atoms in total. The van der Waals surface area contributed by atoms with Crippen molar-refractivity contribution in [3.63, 3.8) is 0 Å². The average molecular weight is 485 g/mol. The van der Waals surface area contributed by atoms with Crippen LogP contribution < -0.4 is 25.4 Å². The van der Waals surface area contributed by atoms with E-state index in [9.17, 15) is 22.8 Å². The van der Waals surface area contributed by atoms with E-state index in [1.165, 1.54) is 37.5 Å². The number of nitrogens with one attached hydrogen (secondary N) is 3. The minimum atomic E-state index is -4.65. The predicted molar refractivity (Wildman–Crippen MR) is 116 cm³/mol. The van der Waals surface area contributed by atoms with Crippen molar-refractivity contribution in [1.82, 2.24) is 10.2 Å². The lowest BCUT2D eigenvalue weighted by Crippen LogP contribution is -2.35. The van der Waals surface area contributed by atoms with Crippen molar-refractivity contribution in [2.75, 3.05) is 38.4 Å². The largest absolute Gasteiger partial charge is 0.493 e. The molecule has 2 aromatic rings. The summed E-state index contributed by atoms with van der Waals surface area (Å²) >= 11 is 5.59. The maximum Gasteiger partial charge on any atom is 0.417 e. The molecule has 0 atom stereocenters. The molecular formula is C21H20ClF3N4O4. The van der Waals surface area contributed by atoms with Gasteiger partial charge in [0.05, 0.1) is 42.6 Å². The van der Waals surface area contributed by atoms with Crippen LogP contribution in [-0.4, -0.2) is 44.5 Å². The summed E-state index contributed by atoms with van der Waals surface area (Å²) in [6.07, 6.45) is -3.17. The van der Waals surface area contributed by atoms with E-state index in [2.05, 4.69) is 16.0 Å². The zero-order valence-corrected chi connectivity index (χ0v) is 18.5. The number of carbonyl (C=O) groups excluding carboxylic acids is 2. The maximum atomic E-state index is 13.0. The molecule has 0 saturated carbocycles. The number of hydrogen-bond donors (Lipinski definition) is 3. The van der Waals surface area contributed by atoms with Gasteiger partial charge in [0.25, 0.3) is 5.91 Å². The maximum absolute atomic E-state index is 13.0. The van der Waals surface area contributed by atoms with Gasteiger partial charge in [-0.2, -0.15) is 13.2 Å². The van der Waals surface area contributed by atoms with Gasteiger partial charge in [-0.15, -0.1) is 0 Å². The van der Waals surface area contributed by atoms with Crippen molar-refractivity contribution < 1.29 is 32.2 Å². The molecule has 12 heteroatoms. The van der Waals surface area contributed by atoms with Crippen molar-refractivity contribution in [2.45, 2.75) is 6.18 Å². The molecule has 0 bridgehead atoms. The predicted octanol–water partition coefficient (Wildman–Crippen LogP) is 3.90. The molecule has 33 heavy (non-hydrogen) atoms. The number of anilines is 2. The fourth-order valence-electron chi connectivity index (χ4n) is 3.11. The van der Waals surface area contributed by atoms with Crippen LogP contribution >= 0.6 is 11.6 Å². The van der Waals surface area contributed by atoms with E-state index in [4.69, 9.17) is 21.1 Å². The lowest BCUT2D eigenvalue weighted by Gasteiger charge is -2.24. The molecule has 0 spiro atoms. The first kappa shape index (κ1) is 24.1. The van der Waals surface area contributed by atoms with Crippen LogP contribution in [0, 0.1) is 0 Å². The van der Waals surface area contributed by atoms with Crippen LogP contribution in [0.1, 0.15) is 15.9 Å². The molecule has 3 rings (SSSR count). The molecule has 3 N–H and O–H groups in total. The monoisotopic (exact) mass is 484 g/mol. The number of amides is 2. The van der Waals surface area contributed by atoms with Gasteiger partial charge < -0.3 is 30.3 Å². The molecule has 0 radical (unpaired) electrons. The van der Waals surface area contributed by atoms with Gasteiger partial charge in [0.15, 0.2) is 11.5 Å². The normalized spacial score (nSPS) is 14.2. The second-order valence-corrected chi connectivity index (χ2v) is 7.44. The summed E-state index contributed by atoms with van der Waals surface area (Å²) in [6, 6.07) is 6.24. The number of benzene rings is 2. The third-order valence-electron chi connectivity index (χ3n) is 4.58. The van der Waals surface area contributed by atoms with Gasteiger partial charge in [0, 0.05) is 25.0 Å². The van der Waals surface area contributed by atoms with Gasteiger partial charge in [-0.3, -0.25) is 9.59 Å². The van der Waals surface area contributed by atoms with Gasteiger partial charge >= 0.3 is 6.18 Å². The number of likely N-dealkylation sites (N-methyl/N-ethyl adjacent to an activating group) is 1. The first-order chi connectivity index (χ1) is 15.5. The van der Waals surface area contributed by atoms with Crippen molar-refractivity contribution in [3.8, 4) is 11.5 Å². The highest BCUT2D eigenvalue weighted by Crippen LogP contribution is 2.36. The average Bonchev–Trinajstić information content (AvgIpc) is 2.73. The van der Waals surface area contributed by atoms with Crippen molar-refractivity contribution in [1.29, 1.82) is 0 Å². The van der Waals surface area contributed by atoms with Crippen molar-refractivity contribution >= 4 is 34.8 Å². The Morgan fingerprint density at radius 1 is 1.15 bits per heavy atom. The highest BCUT2D eigenvalue weighted by atomic mass is 35.5.